The molecule has 0 bridgehead atoms. The lowest BCUT2D eigenvalue weighted by Gasteiger charge is -2.18. The summed E-state index contributed by atoms with van der Waals surface area (Å²) in [6.07, 6.45) is 4.68. The number of fused-ring (bicyclic) bond motifs is 2. The Kier molecular flexibility index (Phi) is 4.11. The Labute approximate surface area is 104 Å². The summed E-state index contributed by atoms with van der Waals surface area (Å²) in [6, 6.07) is 8.15. The molecule has 2 nitrogen and oxygen atoms in total. The first-order valence-electron chi connectivity index (χ1n) is 5.52. The summed E-state index contributed by atoms with van der Waals surface area (Å²) in [5.74, 6) is 0. The summed E-state index contributed by atoms with van der Waals surface area (Å²) < 4.78 is 0. The van der Waals surface area contributed by atoms with Crippen molar-refractivity contribution < 1.29 is 0 Å². The molecule has 0 fully saturated rings. The smallest absolute Gasteiger partial charge is 0.0726 e. The number of anilines is 1. The van der Waals surface area contributed by atoms with Gasteiger partial charge in [-0.15, -0.1) is 0 Å². The largest absolute Gasteiger partial charge is 0.398 e. The van der Waals surface area contributed by atoms with Gasteiger partial charge in [0.2, 0.25) is 0 Å². The molecule has 0 saturated heterocycles. The molecule has 0 spiro atoms. The normalized spacial score (nSPS) is 13.4. The molecule has 0 amide bonds. The average Bonchev–Trinajstić information content (AvgIpc) is 2.30. The summed E-state index contributed by atoms with van der Waals surface area (Å²) in [5.41, 5.74) is 10.7. The second-order valence-electron chi connectivity index (χ2n) is 4.17. The minimum absolute atomic E-state index is 0. The van der Waals surface area contributed by atoms with Gasteiger partial charge in [0.05, 0.1) is 5.52 Å². The van der Waals surface area contributed by atoms with Gasteiger partial charge in [-0.25, -0.2) is 0 Å². The molecule has 2 N–H and O–H groups in total. The van der Waals surface area contributed by atoms with Crippen molar-refractivity contribution in [1.82, 2.24) is 4.98 Å². The zero-order valence-corrected chi connectivity index (χ0v) is 8.66. The van der Waals surface area contributed by atoms with E-state index in [9.17, 15) is 0 Å². The van der Waals surface area contributed by atoms with Crippen molar-refractivity contribution in [3.05, 3.63) is 35.5 Å². The fraction of sp³-hybridized carbons (Fsp3) is 0.400. The van der Waals surface area contributed by atoms with Gasteiger partial charge >= 0.3 is 0 Å². The molecule has 1 aromatic heterocycles. The monoisotopic (exact) mass is 230 g/mol. The highest BCUT2D eigenvalue weighted by Crippen LogP contribution is 2.30. The molecule has 2 heteroatoms. The zero-order valence-electron chi connectivity index (χ0n) is 8.66. The highest BCUT2D eigenvalue weighted by atomic mass is 14.7. The first-order chi connectivity index (χ1) is 7.36. The van der Waals surface area contributed by atoms with Crippen LogP contribution < -0.4 is 5.73 Å². The van der Waals surface area contributed by atoms with Crippen molar-refractivity contribution in [3.8, 4) is 0 Å². The Morgan fingerprint density at radius 1 is 1.00 bits per heavy atom. The number of hydrogen-bond donors (Lipinski definition) is 1. The van der Waals surface area contributed by atoms with Crippen molar-refractivity contribution in [2.24, 2.45) is 0 Å². The van der Waals surface area contributed by atoms with Gasteiger partial charge in [0.15, 0.2) is 0 Å². The van der Waals surface area contributed by atoms with Crippen LogP contribution in [0.3, 0.4) is 0 Å². The second kappa shape index (κ2) is 5.17. The van der Waals surface area contributed by atoms with Crippen LogP contribution in [0.1, 0.15) is 39.0 Å². The van der Waals surface area contributed by atoms with E-state index in [1.165, 1.54) is 24.1 Å². The first-order valence-corrected chi connectivity index (χ1v) is 5.52. The van der Waals surface area contributed by atoms with Crippen LogP contribution >= 0.6 is 0 Å². The summed E-state index contributed by atoms with van der Waals surface area (Å²) in [7, 11) is 0. The number of aryl methyl sites for hydroxylation is 1. The number of hydrogen-bond acceptors (Lipinski definition) is 2. The molecule has 17 heavy (non-hydrogen) atoms. The third-order valence-corrected chi connectivity index (χ3v) is 3.21. The minimum atomic E-state index is 0. The molecule has 3 rings (SSSR count). The Hall–Kier alpha value is -1.57. The third-order valence-electron chi connectivity index (χ3n) is 3.21. The van der Waals surface area contributed by atoms with E-state index in [1.54, 1.807) is 0 Å². The quantitative estimate of drug-likeness (QED) is 0.743. The number of nitrogens with two attached hydrogens (primary N) is 1. The molecule has 1 aliphatic rings. The van der Waals surface area contributed by atoms with Gasteiger partial charge < -0.3 is 5.73 Å². The fourth-order valence-electron chi connectivity index (χ4n) is 2.41. The molecule has 1 aliphatic carbocycles. The molecule has 1 heterocycles. The lowest BCUT2D eigenvalue weighted by Crippen LogP contribution is -2.09. The highest BCUT2D eigenvalue weighted by molar-refractivity contribution is 5.92. The maximum atomic E-state index is 6.20. The van der Waals surface area contributed by atoms with Crippen molar-refractivity contribution in [3.63, 3.8) is 0 Å². The molecule has 92 valence electrons. The Morgan fingerprint density at radius 3 is 2.53 bits per heavy atom. The number of nitrogen functional groups attached to an aromatic ring is 1. The molecular formula is C15H22N2. The van der Waals surface area contributed by atoms with Crippen LogP contribution in [-0.4, -0.2) is 4.98 Å². The second-order valence-corrected chi connectivity index (χ2v) is 4.17. The van der Waals surface area contributed by atoms with Crippen LogP contribution in [0.25, 0.3) is 10.9 Å². The zero-order chi connectivity index (χ0) is 10.3. The van der Waals surface area contributed by atoms with E-state index in [2.05, 4.69) is 6.07 Å². The van der Waals surface area contributed by atoms with Gasteiger partial charge in [0.25, 0.3) is 0 Å². The van der Waals surface area contributed by atoms with Gasteiger partial charge in [-0.2, -0.15) is 0 Å². The van der Waals surface area contributed by atoms with E-state index in [-0.39, 0.29) is 14.9 Å². The number of pyridine rings is 1. The summed E-state index contributed by atoms with van der Waals surface area (Å²) >= 11 is 0. The lowest BCUT2D eigenvalue weighted by molar-refractivity contribution is 0.673. The minimum Gasteiger partial charge on any atom is -0.398 e. The van der Waals surface area contributed by atoms with Crippen molar-refractivity contribution in [1.29, 1.82) is 0 Å². The molecule has 0 saturated carbocycles. The molecule has 1 aromatic carbocycles. The Bertz CT molecular complexity index is 518. The summed E-state index contributed by atoms with van der Waals surface area (Å²) in [6.45, 7) is 0. The molecule has 0 unspecified atom stereocenters. The van der Waals surface area contributed by atoms with Gasteiger partial charge in [0, 0.05) is 16.8 Å². The maximum Gasteiger partial charge on any atom is 0.0726 e. The van der Waals surface area contributed by atoms with Crippen LogP contribution in [0, 0.1) is 0 Å². The van der Waals surface area contributed by atoms with E-state index in [4.69, 9.17) is 10.7 Å². The van der Waals surface area contributed by atoms with E-state index in [0.717, 1.165) is 29.4 Å². The van der Waals surface area contributed by atoms with E-state index >= 15 is 0 Å². The van der Waals surface area contributed by atoms with Crippen molar-refractivity contribution in [2.75, 3.05) is 5.73 Å². The maximum absolute atomic E-state index is 6.20. The van der Waals surface area contributed by atoms with Gasteiger partial charge in [-0.05, 0) is 37.3 Å². The third kappa shape index (κ3) is 2.12. The fourth-order valence-corrected chi connectivity index (χ4v) is 2.41. The molecular weight excluding hydrogens is 208 g/mol. The standard InChI is InChI=1S/C13H14N2.2CH4/c14-13-9-5-1-3-7-11(9)15-12-8-4-2-6-10(12)13;;/h1,3,5,7H,2,4,6,8H2,(H2,14,15);2*1H4. The predicted octanol–water partition coefficient (Wildman–Crippen LogP) is 3.97. The van der Waals surface area contributed by atoms with Gasteiger partial charge in [-0.1, -0.05) is 33.1 Å². The molecule has 2 aromatic rings. The van der Waals surface area contributed by atoms with Crippen LogP contribution in [0.5, 0.6) is 0 Å². The summed E-state index contributed by atoms with van der Waals surface area (Å²) in [4.78, 5) is 4.70. The van der Waals surface area contributed by atoms with E-state index in [0.29, 0.717) is 0 Å². The van der Waals surface area contributed by atoms with Crippen LogP contribution in [0.2, 0.25) is 0 Å². The lowest BCUT2D eigenvalue weighted by atomic mass is 9.93. The topological polar surface area (TPSA) is 38.9 Å². The molecule has 0 radical (unpaired) electrons. The number of benzene rings is 1. The summed E-state index contributed by atoms with van der Waals surface area (Å²) in [5, 5.41) is 1.11. The highest BCUT2D eigenvalue weighted by Gasteiger charge is 2.15. The predicted molar refractivity (Wildman–Crippen MR) is 76.3 cm³/mol. The molecule has 0 atom stereocenters. The molecule has 0 aliphatic heterocycles. The number of nitrogens with zero attached hydrogens (tertiary/aromatic N) is 1. The van der Waals surface area contributed by atoms with Crippen LogP contribution in [0.15, 0.2) is 24.3 Å². The van der Waals surface area contributed by atoms with Gasteiger partial charge in [-0.3, -0.25) is 4.98 Å². The van der Waals surface area contributed by atoms with Crippen molar-refractivity contribution in [2.45, 2.75) is 40.5 Å². The average molecular weight is 230 g/mol. The SMILES string of the molecule is C.C.Nc1c2c(nc3ccccc13)CCCC2. The van der Waals surface area contributed by atoms with E-state index < -0.39 is 0 Å². The van der Waals surface area contributed by atoms with Crippen molar-refractivity contribution >= 4 is 16.6 Å². The van der Waals surface area contributed by atoms with Crippen LogP contribution in [-0.2, 0) is 12.8 Å². The number of rotatable bonds is 0. The Balaban J connectivity index is 0.000000722. The van der Waals surface area contributed by atoms with Crippen LogP contribution in [0.4, 0.5) is 5.69 Å². The number of para-hydroxylation sites is 1. The number of aromatic nitrogens is 1. The van der Waals surface area contributed by atoms with E-state index in [1.807, 2.05) is 18.2 Å². The Morgan fingerprint density at radius 2 is 1.71 bits per heavy atom. The first kappa shape index (κ1) is 13.5. The van der Waals surface area contributed by atoms with Gasteiger partial charge in [0.1, 0.15) is 0 Å².